The zero-order chi connectivity index (χ0) is 18.4. The monoisotopic (exact) mass is 346 g/mol. The molecule has 2 atom stereocenters. The van der Waals surface area contributed by atoms with Crippen LogP contribution in [0.4, 0.5) is 10.1 Å². The Bertz CT molecular complexity index is 749. The molecule has 0 aliphatic heterocycles. The fourth-order valence-corrected chi connectivity index (χ4v) is 2.55. The van der Waals surface area contributed by atoms with Gasteiger partial charge in [0.15, 0.2) is 0 Å². The van der Waals surface area contributed by atoms with Crippen LogP contribution in [0.3, 0.4) is 0 Å². The zero-order valence-corrected chi connectivity index (χ0v) is 13.7. The fraction of sp³-hybridized carbons (Fsp3) is 0.278. The SMILES string of the molecule is CC(CC(O)c1ccc(F)cc1)NC(=O)Cc1ccccc1[N+](=O)[O-]. The van der Waals surface area contributed by atoms with Gasteiger partial charge in [-0.05, 0) is 31.0 Å². The number of nitro benzene ring substituents is 1. The van der Waals surface area contributed by atoms with Crippen LogP contribution in [0.15, 0.2) is 48.5 Å². The quantitative estimate of drug-likeness (QED) is 0.595. The lowest BCUT2D eigenvalue weighted by Gasteiger charge is -2.18. The first kappa shape index (κ1) is 18.5. The van der Waals surface area contributed by atoms with Crippen LogP contribution in [0.1, 0.15) is 30.6 Å². The average Bonchev–Trinajstić information content (AvgIpc) is 2.55. The molecular formula is C18H19FN2O4. The molecule has 132 valence electrons. The van der Waals surface area contributed by atoms with E-state index in [9.17, 15) is 24.4 Å². The third-order valence-electron chi connectivity index (χ3n) is 3.78. The first-order chi connectivity index (χ1) is 11.9. The molecule has 0 spiro atoms. The summed E-state index contributed by atoms with van der Waals surface area (Å²) in [6.45, 7) is 1.73. The summed E-state index contributed by atoms with van der Waals surface area (Å²) in [5.74, 6) is -0.755. The van der Waals surface area contributed by atoms with E-state index in [0.29, 0.717) is 11.1 Å². The van der Waals surface area contributed by atoms with Gasteiger partial charge in [-0.15, -0.1) is 0 Å². The molecule has 0 aliphatic rings. The normalized spacial score (nSPS) is 13.1. The highest BCUT2D eigenvalue weighted by molar-refractivity contribution is 5.80. The lowest BCUT2D eigenvalue weighted by atomic mass is 10.0. The van der Waals surface area contributed by atoms with Crippen molar-refractivity contribution < 1.29 is 19.2 Å². The summed E-state index contributed by atoms with van der Waals surface area (Å²) in [7, 11) is 0. The van der Waals surface area contributed by atoms with Gasteiger partial charge < -0.3 is 10.4 Å². The van der Waals surface area contributed by atoms with Crippen molar-refractivity contribution in [3.05, 3.63) is 75.6 Å². The Labute approximate surface area is 144 Å². The Balaban J connectivity index is 1.92. The maximum Gasteiger partial charge on any atom is 0.273 e. The minimum absolute atomic E-state index is 0.100. The molecule has 2 unspecified atom stereocenters. The van der Waals surface area contributed by atoms with Crippen LogP contribution in [-0.2, 0) is 11.2 Å². The number of aliphatic hydroxyl groups excluding tert-OH is 1. The second-order valence-corrected chi connectivity index (χ2v) is 5.83. The number of halogens is 1. The van der Waals surface area contributed by atoms with Crippen LogP contribution < -0.4 is 5.32 Å². The van der Waals surface area contributed by atoms with Crippen LogP contribution in [0.25, 0.3) is 0 Å². The van der Waals surface area contributed by atoms with E-state index in [1.807, 2.05) is 0 Å². The molecule has 6 nitrogen and oxygen atoms in total. The Morgan fingerprint density at radius 1 is 1.24 bits per heavy atom. The molecule has 0 heterocycles. The number of carbonyl (C=O) groups is 1. The van der Waals surface area contributed by atoms with Gasteiger partial charge in [0.2, 0.25) is 5.91 Å². The van der Waals surface area contributed by atoms with Gasteiger partial charge >= 0.3 is 0 Å². The smallest absolute Gasteiger partial charge is 0.273 e. The second kappa shape index (κ2) is 8.34. The molecule has 0 bridgehead atoms. The number of para-hydroxylation sites is 1. The number of benzene rings is 2. The summed E-state index contributed by atoms with van der Waals surface area (Å²) in [5.41, 5.74) is 0.786. The Hall–Kier alpha value is -2.80. The van der Waals surface area contributed by atoms with Crippen LogP contribution >= 0.6 is 0 Å². The molecule has 25 heavy (non-hydrogen) atoms. The van der Waals surface area contributed by atoms with Gasteiger partial charge in [-0.1, -0.05) is 30.3 Å². The van der Waals surface area contributed by atoms with E-state index >= 15 is 0 Å². The molecule has 2 aromatic rings. The maximum absolute atomic E-state index is 12.9. The average molecular weight is 346 g/mol. The maximum atomic E-state index is 12.9. The number of amides is 1. The van der Waals surface area contributed by atoms with E-state index in [1.54, 1.807) is 19.1 Å². The van der Waals surface area contributed by atoms with E-state index < -0.39 is 11.0 Å². The summed E-state index contributed by atoms with van der Waals surface area (Å²) in [6.07, 6.45) is -0.718. The van der Waals surface area contributed by atoms with Crippen LogP contribution in [0.5, 0.6) is 0 Å². The number of hydrogen-bond donors (Lipinski definition) is 2. The second-order valence-electron chi connectivity index (χ2n) is 5.83. The molecule has 7 heteroatoms. The minimum Gasteiger partial charge on any atom is -0.388 e. The molecule has 2 N–H and O–H groups in total. The lowest BCUT2D eigenvalue weighted by Crippen LogP contribution is -2.34. The zero-order valence-electron chi connectivity index (χ0n) is 13.7. The summed E-state index contributed by atoms with van der Waals surface area (Å²) in [5, 5.41) is 23.8. The molecule has 1 amide bonds. The third-order valence-corrected chi connectivity index (χ3v) is 3.78. The van der Waals surface area contributed by atoms with Crippen molar-refractivity contribution in [1.29, 1.82) is 0 Å². The van der Waals surface area contributed by atoms with Gasteiger partial charge in [0.05, 0.1) is 17.4 Å². The number of rotatable bonds is 7. The van der Waals surface area contributed by atoms with Gasteiger partial charge in [-0.25, -0.2) is 4.39 Å². The molecule has 2 aromatic carbocycles. The highest BCUT2D eigenvalue weighted by Crippen LogP contribution is 2.20. The highest BCUT2D eigenvalue weighted by Gasteiger charge is 2.18. The molecule has 0 saturated heterocycles. The first-order valence-electron chi connectivity index (χ1n) is 7.82. The minimum atomic E-state index is -0.845. The van der Waals surface area contributed by atoms with Crippen molar-refractivity contribution in [2.24, 2.45) is 0 Å². The van der Waals surface area contributed by atoms with E-state index in [0.717, 1.165) is 0 Å². The number of nitrogens with zero attached hydrogens (tertiary/aromatic N) is 1. The van der Waals surface area contributed by atoms with Crippen LogP contribution in [-0.4, -0.2) is 22.0 Å². The fourth-order valence-electron chi connectivity index (χ4n) is 2.55. The van der Waals surface area contributed by atoms with Crippen LogP contribution in [0, 0.1) is 15.9 Å². The molecule has 0 radical (unpaired) electrons. The largest absolute Gasteiger partial charge is 0.388 e. The third kappa shape index (κ3) is 5.36. The summed E-state index contributed by atoms with van der Waals surface area (Å²) in [6, 6.07) is 11.2. The Kier molecular flexibility index (Phi) is 6.19. The standard InChI is InChI=1S/C18H19FN2O4/c1-12(10-17(22)13-6-8-15(19)9-7-13)20-18(23)11-14-4-2-3-5-16(14)21(24)25/h2-9,12,17,22H,10-11H2,1H3,(H,20,23). The number of hydrogen-bond acceptors (Lipinski definition) is 4. The van der Waals surface area contributed by atoms with Crippen LogP contribution in [0.2, 0.25) is 0 Å². The Morgan fingerprint density at radius 2 is 1.88 bits per heavy atom. The summed E-state index contributed by atoms with van der Waals surface area (Å²) < 4.78 is 12.9. The van der Waals surface area contributed by atoms with Crippen molar-refractivity contribution in [2.75, 3.05) is 0 Å². The van der Waals surface area contributed by atoms with Crippen molar-refractivity contribution >= 4 is 11.6 Å². The van der Waals surface area contributed by atoms with E-state index in [-0.39, 0.29) is 36.3 Å². The molecule has 2 rings (SSSR count). The van der Waals surface area contributed by atoms with E-state index in [2.05, 4.69) is 5.32 Å². The number of aliphatic hydroxyl groups is 1. The molecular weight excluding hydrogens is 327 g/mol. The van der Waals surface area contributed by atoms with E-state index in [4.69, 9.17) is 0 Å². The Morgan fingerprint density at radius 3 is 2.52 bits per heavy atom. The van der Waals surface area contributed by atoms with Gasteiger partial charge in [-0.3, -0.25) is 14.9 Å². The lowest BCUT2D eigenvalue weighted by molar-refractivity contribution is -0.385. The van der Waals surface area contributed by atoms with Gasteiger partial charge in [0.1, 0.15) is 5.82 Å². The highest BCUT2D eigenvalue weighted by atomic mass is 19.1. The summed E-state index contributed by atoms with van der Waals surface area (Å²) >= 11 is 0. The van der Waals surface area contributed by atoms with Gasteiger partial charge in [0.25, 0.3) is 5.69 Å². The predicted molar refractivity (Wildman–Crippen MR) is 90.4 cm³/mol. The number of carbonyl (C=O) groups excluding carboxylic acids is 1. The van der Waals surface area contributed by atoms with E-state index in [1.165, 1.54) is 36.4 Å². The van der Waals surface area contributed by atoms with Crippen molar-refractivity contribution in [3.63, 3.8) is 0 Å². The van der Waals surface area contributed by atoms with Crippen molar-refractivity contribution in [3.8, 4) is 0 Å². The van der Waals surface area contributed by atoms with Crippen molar-refractivity contribution in [2.45, 2.75) is 31.9 Å². The van der Waals surface area contributed by atoms with Crippen molar-refractivity contribution in [1.82, 2.24) is 5.32 Å². The summed E-state index contributed by atoms with van der Waals surface area (Å²) in [4.78, 5) is 22.5. The molecule has 0 fully saturated rings. The number of nitrogens with one attached hydrogen (secondary N) is 1. The number of nitro groups is 1. The van der Waals surface area contributed by atoms with Gasteiger partial charge in [-0.2, -0.15) is 0 Å². The molecule has 0 aliphatic carbocycles. The first-order valence-corrected chi connectivity index (χ1v) is 7.82. The molecule has 0 saturated carbocycles. The predicted octanol–water partition coefficient (Wildman–Crippen LogP) is 2.90. The van der Waals surface area contributed by atoms with Gasteiger partial charge in [0, 0.05) is 17.7 Å². The molecule has 0 aromatic heterocycles. The topological polar surface area (TPSA) is 92.5 Å².